The zero-order valence-corrected chi connectivity index (χ0v) is 36.1. The lowest BCUT2D eigenvalue weighted by Crippen LogP contribution is -2.34. The zero-order valence-electron chi connectivity index (χ0n) is 34.5. The summed E-state index contributed by atoms with van der Waals surface area (Å²) in [6, 6.07) is 15.5. The lowest BCUT2D eigenvalue weighted by molar-refractivity contribution is -0.697. The molecule has 310 valence electrons. The first-order valence-electron chi connectivity index (χ1n) is 19.3. The summed E-state index contributed by atoms with van der Waals surface area (Å²) >= 11 is 0. The van der Waals surface area contributed by atoms with Gasteiger partial charge in [-0.3, -0.25) is 9.59 Å². The van der Waals surface area contributed by atoms with Crippen LogP contribution in [-0.4, -0.2) is 72.4 Å². The second-order valence-electron chi connectivity index (χ2n) is 13.1. The lowest BCUT2D eigenvalue weighted by Gasteiger charge is -2.12. The summed E-state index contributed by atoms with van der Waals surface area (Å²) in [5.41, 5.74) is 3.74. The van der Waals surface area contributed by atoms with Crippen molar-refractivity contribution in [1.29, 1.82) is 0 Å². The molecule has 4 rings (SSSR count). The smallest absolute Gasteiger partial charge is 0.220 e. The topological polar surface area (TPSA) is 109 Å². The fourth-order valence-corrected chi connectivity index (χ4v) is 7.98. The molecule has 58 heavy (non-hydrogen) atoms. The lowest BCUT2D eigenvalue weighted by atomic mass is 10.1. The number of hydrogen-bond donors (Lipinski definition) is 1. The molecular weight excluding hydrogens is 775 g/mol. The van der Waals surface area contributed by atoms with E-state index >= 15 is 0 Å². The Kier molecular flexibility index (Phi) is 19.9. The molecule has 1 amide bonds. The van der Waals surface area contributed by atoms with E-state index in [2.05, 4.69) is 14.5 Å². The zero-order chi connectivity index (χ0) is 41.5. The molecule has 0 aliphatic carbocycles. The Morgan fingerprint density at radius 3 is 1.40 bits per heavy atom. The molecular formula is C45H57N3O8S2+2. The van der Waals surface area contributed by atoms with Gasteiger partial charge in [0.25, 0.3) is 0 Å². The van der Waals surface area contributed by atoms with Crippen molar-refractivity contribution < 1.29 is 47.1 Å². The SMILES string of the molecule is COc1cc(OC)c(/C=C/c2cc[n+](CCCC(=O)CCCSSCCNC(=O)CCC[n+]3ccc(/C=C/c4c(OC)cc(OC)cc4OC)cc3)cc2)c(OC)c1. The fraction of sp³-hybridized carbons (Fsp3) is 0.378. The number of aromatic nitrogens is 2. The van der Waals surface area contributed by atoms with Crippen molar-refractivity contribution in [3.8, 4) is 34.5 Å². The minimum Gasteiger partial charge on any atom is -0.496 e. The van der Waals surface area contributed by atoms with Gasteiger partial charge in [0.15, 0.2) is 24.8 Å². The van der Waals surface area contributed by atoms with Crippen LogP contribution in [0, 0.1) is 0 Å². The van der Waals surface area contributed by atoms with E-state index in [4.69, 9.17) is 28.4 Å². The van der Waals surface area contributed by atoms with Gasteiger partial charge in [-0.2, -0.15) is 0 Å². The minimum absolute atomic E-state index is 0.0662. The van der Waals surface area contributed by atoms with E-state index in [0.29, 0.717) is 66.1 Å². The van der Waals surface area contributed by atoms with E-state index < -0.39 is 0 Å². The second-order valence-corrected chi connectivity index (χ2v) is 15.8. The van der Waals surface area contributed by atoms with E-state index in [1.807, 2.05) is 97.6 Å². The van der Waals surface area contributed by atoms with E-state index in [0.717, 1.165) is 66.1 Å². The highest BCUT2D eigenvalue weighted by Gasteiger charge is 2.13. The van der Waals surface area contributed by atoms with Gasteiger partial charge >= 0.3 is 0 Å². The summed E-state index contributed by atoms with van der Waals surface area (Å²) in [6.07, 6.45) is 20.1. The third-order valence-electron chi connectivity index (χ3n) is 9.19. The number of carbonyl (C=O) groups is 2. The number of hydrogen-bond acceptors (Lipinski definition) is 10. The number of carbonyl (C=O) groups excluding carboxylic acids is 2. The van der Waals surface area contributed by atoms with Crippen LogP contribution >= 0.6 is 21.6 Å². The molecule has 0 aliphatic rings. The van der Waals surface area contributed by atoms with Gasteiger partial charge in [0.1, 0.15) is 53.4 Å². The van der Waals surface area contributed by atoms with Gasteiger partial charge in [-0.25, -0.2) is 9.13 Å². The van der Waals surface area contributed by atoms with Crippen LogP contribution < -0.4 is 42.9 Å². The predicted octanol–water partition coefficient (Wildman–Crippen LogP) is 7.76. The van der Waals surface area contributed by atoms with Crippen molar-refractivity contribution in [1.82, 2.24) is 5.32 Å². The van der Waals surface area contributed by atoms with Gasteiger partial charge in [-0.1, -0.05) is 33.7 Å². The summed E-state index contributed by atoms with van der Waals surface area (Å²) in [5.74, 6) is 6.12. The van der Waals surface area contributed by atoms with Crippen molar-refractivity contribution in [3.63, 3.8) is 0 Å². The standard InChI is InChI=1S/C45H56N3O8S2/c1-51-37-30-41(53-3)39(42(31-37)54-4)15-13-34-17-24-47(25-18-34)22-7-10-36(49)11-9-28-57-58-29-21-46-45(50)12-8-23-48-26-19-35(20-27-48)14-16-40-43(55-5)32-38(52-2)33-44(40)56-6/h13-20,24-27,30-33H,7-12,21-23,28-29H2,1-6H3/q+1/p+1/b15-13+,16-14+. The van der Waals surface area contributed by atoms with Crippen LogP contribution in [-0.2, 0) is 22.7 Å². The van der Waals surface area contributed by atoms with Gasteiger partial charge < -0.3 is 33.7 Å². The number of nitrogens with one attached hydrogen (secondary N) is 1. The molecule has 0 radical (unpaired) electrons. The Balaban J connectivity index is 1.02. The summed E-state index contributed by atoms with van der Waals surface area (Å²) in [7, 11) is 13.2. The number of benzene rings is 2. The quantitative estimate of drug-likeness (QED) is 0.0383. The highest BCUT2D eigenvalue weighted by Crippen LogP contribution is 2.36. The average molecular weight is 832 g/mol. The number of pyridine rings is 2. The molecule has 2 heterocycles. The average Bonchev–Trinajstić information content (AvgIpc) is 3.25. The van der Waals surface area contributed by atoms with Crippen LogP contribution in [0.1, 0.15) is 60.8 Å². The molecule has 0 saturated carbocycles. The van der Waals surface area contributed by atoms with Crippen LogP contribution in [0.15, 0.2) is 73.3 Å². The molecule has 4 aromatic rings. The number of methoxy groups -OCH3 is 6. The Morgan fingerprint density at radius 1 is 0.552 bits per heavy atom. The Morgan fingerprint density at radius 2 is 0.966 bits per heavy atom. The Hall–Kier alpha value is -5.14. The second kappa shape index (κ2) is 25.3. The van der Waals surface area contributed by atoms with Gasteiger partial charge in [0.05, 0.1) is 53.8 Å². The molecule has 0 fully saturated rings. The first-order valence-corrected chi connectivity index (χ1v) is 21.8. The monoisotopic (exact) mass is 831 g/mol. The van der Waals surface area contributed by atoms with Crippen molar-refractivity contribution in [2.75, 3.05) is 60.7 Å². The molecule has 1 N–H and O–H groups in total. The molecule has 2 aromatic carbocycles. The number of Topliss-reactive ketones (excluding diaryl/α,β-unsaturated/α-hetero) is 1. The molecule has 0 atom stereocenters. The number of ketones is 1. The van der Waals surface area contributed by atoms with Gasteiger partial charge in [-0.05, 0) is 29.7 Å². The van der Waals surface area contributed by atoms with Gasteiger partial charge in [0.2, 0.25) is 5.91 Å². The highest BCUT2D eigenvalue weighted by atomic mass is 33.1. The molecule has 2 aromatic heterocycles. The van der Waals surface area contributed by atoms with Crippen LogP contribution in [0.5, 0.6) is 34.5 Å². The summed E-state index contributed by atoms with van der Waals surface area (Å²) < 4.78 is 37.0. The fourth-order valence-electron chi connectivity index (χ4n) is 5.98. The summed E-state index contributed by atoms with van der Waals surface area (Å²) in [6.45, 7) is 2.18. The first kappa shape index (κ1) is 45.6. The van der Waals surface area contributed by atoms with E-state index in [-0.39, 0.29) is 5.91 Å². The molecule has 0 saturated heterocycles. The van der Waals surface area contributed by atoms with Gasteiger partial charge in [-0.15, -0.1) is 0 Å². The van der Waals surface area contributed by atoms with E-state index in [1.165, 1.54) is 0 Å². The van der Waals surface area contributed by atoms with Crippen molar-refractivity contribution >= 4 is 57.6 Å². The Bertz CT molecular complexity index is 1760. The molecule has 0 aliphatic heterocycles. The normalized spacial score (nSPS) is 11.1. The minimum atomic E-state index is 0.0662. The highest BCUT2D eigenvalue weighted by molar-refractivity contribution is 8.76. The first-order chi connectivity index (χ1) is 28.3. The predicted molar refractivity (Wildman–Crippen MR) is 234 cm³/mol. The molecule has 0 unspecified atom stereocenters. The number of amides is 1. The Labute approximate surface area is 351 Å². The summed E-state index contributed by atoms with van der Waals surface area (Å²) in [4.78, 5) is 24.8. The maximum atomic E-state index is 12.5. The maximum Gasteiger partial charge on any atom is 0.220 e. The van der Waals surface area contributed by atoms with Crippen LogP contribution in [0.4, 0.5) is 0 Å². The van der Waals surface area contributed by atoms with E-state index in [9.17, 15) is 9.59 Å². The third kappa shape index (κ3) is 15.0. The van der Waals surface area contributed by atoms with Crippen molar-refractivity contribution in [2.45, 2.75) is 51.6 Å². The van der Waals surface area contributed by atoms with Crippen molar-refractivity contribution in [2.24, 2.45) is 0 Å². The van der Waals surface area contributed by atoms with E-state index in [1.54, 1.807) is 64.2 Å². The third-order valence-corrected chi connectivity index (χ3v) is 11.7. The molecule has 0 spiro atoms. The van der Waals surface area contributed by atoms with Gasteiger partial charge in [0, 0.05) is 98.7 Å². The molecule has 0 bridgehead atoms. The molecule has 11 nitrogen and oxygen atoms in total. The van der Waals surface area contributed by atoms with Crippen LogP contribution in [0.3, 0.4) is 0 Å². The number of rotatable bonds is 26. The van der Waals surface area contributed by atoms with Crippen molar-refractivity contribution in [3.05, 3.63) is 95.6 Å². The number of ether oxygens (including phenoxy) is 6. The maximum absolute atomic E-state index is 12.5. The largest absolute Gasteiger partial charge is 0.496 e. The molecule has 13 heteroatoms. The number of nitrogens with zero attached hydrogens (tertiary/aromatic N) is 2. The number of aryl methyl sites for hydroxylation is 2. The van der Waals surface area contributed by atoms with Crippen LogP contribution in [0.2, 0.25) is 0 Å². The van der Waals surface area contributed by atoms with Crippen LogP contribution in [0.25, 0.3) is 24.3 Å². The summed E-state index contributed by atoms with van der Waals surface area (Å²) in [5, 5.41) is 3.02.